The van der Waals surface area contributed by atoms with E-state index in [0.717, 1.165) is 12.0 Å². The number of unbranched alkanes of at least 4 members (excludes halogenated alkanes) is 23. The van der Waals surface area contributed by atoms with Crippen LogP contribution in [-0.4, -0.2) is 24.0 Å². The van der Waals surface area contributed by atoms with Gasteiger partial charge in [0, 0.05) is 6.04 Å². The maximum atomic E-state index is 2.96. The van der Waals surface area contributed by atoms with E-state index in [1.54, 1.807) is 0 Å². The zero-order valence-corrected chi connectivity index (χ0v) is 37.3. The fourth-order valence-corrected chi connectivity index (χ4v) is 8.13. The van der Waals surface area contributed by atoms with Crippen LogP contribution in [0.5, 0.6) is 0 Å². The molecule has 0 radical (unpaired) electrons. The Morgan fingerprint density at radius 1 is 0.509 bits per heavy atom. The highest BCUT2D eigenvalue weighted by Gasteiger charge is 2.19. The normalized spacial score (nSPS) is 13.4. The Balaban J connectivity index is 2.45. The third-order valence-corrected chi connectivity index (χ3v) is 11.8. The molecule has 0 heterocycles. The Bertz CT molecular complexity index is 971. The van der Waals surface area contributed by atoms with Crippen LogP contribution in [0.15, 0.2) is 42.5 Å². The van der Waals surface area contributed by atoms with E-state index in [1.165, 1.54) is 222 Å². The molecular formula is C52H95N. The third-order valence-electron chi connectivity index (χ3n) is 11.8. The number of hydrogen-bond acceptors (Lipinski definition) is 1. The first-order valence-corrected chi connectivity index (χ1v) is 24.0. The fourth-order valence-electron chi connectivity index (χ4n) is 8.13. The Morgan fingerprint density at radius 3 is 1.45 bits per heavy atom. The molecule has 2 unspecified atom stereocenters. The number of hydrogen-bond donors (Lipinski definition) is 0. The van der Waals surface area contributed by atoms with Gasteiger partial charge in [-0.2, -0.15) is 0 Å². The summed E-state index contributed by atoms with van der Waals surface area (Å²) >= 11 is 0. The van der Waals surface area contributed by atoms with Crippen LogP contribution in [0.4, 0.5) is 0 Å². The molecule has 0 aliphatic carbocycles. The number of rotatable bonds is 38. The van der Waals surface area contributed by atoms with Gasteiger partial charge in [0.25, 0.3) is 0 Å². The minimum Gasteiger partial charge on any atom is -0.300 e. The smallest absolute Gasteiger partial charge is 0.00976 e. The maximum absolute atomic E-state index is 2.96. The van der Waals surface area contributed by atoms with Crippen LogP contribution in [0.1, 0.15) is 238 Å². The monoisotopic (exact) mass is 734 g/mol. The lowest BCUT2D eigenvalue weighted by molar-refractivity contribution is 0.154. The first-order valence-electron chi connectivity index (χ1n) is 24.0. The molecule has 0 spiro atoms. The summed E-state index contributed by atoms with van der Waals surface area (Å²) in [6.45, 7) is 19.0. The van der Waals surface area contributed by atoms with Crippen LogP contribution in [0.2, 0.25) is 0 Å². The molecule has 0 aliphatic heterocycles. The van der Waals surface area contributed by atoms with Crippen molar-refractivity contribution < 1.29 is 0 Å². The average molecular weight is 734 g/mol. The molecule has 0 bridgehead atoms. The second-order valence-corrected chi connectivity index (χ2v) is 17.7. The summed E-state index contributed by atoms with van der Waals surface area (Å²) < 4.78 is 0. The average Bonchev–Trinajstić information content (AvgIpc) is 3.14. The minimum absolute atomic E-state index is 0.578. The van der Waals surface area contributed by atoms with Gasteiger partial charge in [-0.1, -0.05) is 206 Å². The van der Waals surface area contributed by atoms with Gasteiger partial charge in [0.05, 0.1) is 0 Å². The van der Waals surface area contributed by atoms with Crippen LogP contribution in [0.25, 0.3) is 0 Å². The van der Waals surface area contributed by atoms with Crippen LogP contribution in [-0.2, 0) is 6.42 Å². The standard InChI is InChI=1S/C52H95N/c1-8-10-12-14-16-18-19-20-21-22-26-30-35-43-53(44-36-34-39-51-42-41-49(6)50(7)46-51)52(45-47(3)4)40-33-29-25-24-28-32-38-48(5)37-31-27-23-17-15-13-11-9-2/h31-32,37-38,41-42,46-48,52H,8-30,33-36,39-40,43-45H2,1-7H3/b37-31-,38-32-. The van der Waals surface area contributed by atoms with Crippen molar-refractivity contribution in [2.75, 3.05) is 13.1 Å². The van der Waals surface area contributed by atoms with E-state index in [4.69, 9.17) is 0 Å². The quantitative estimate of drug-likeness (QED) is 0.0483. The van der Waals surface area contributed by atoms with Gasteiger partial charge in [-0.25, -0.2) is 0 Å². The summed E-state index contributed by atoms with van der Waals surface area (Å²) in [5.41, 5.74) is 4.39. The van der Waals surface area contributed by atoms with Gasteiger partial charge in [-0.05, 0) is 120 Å². The molecule has 2 atom stereocenters. The molecule has 1 rings (SSSR count). The molecule has 0 N–H and O–H groups in total. The van der Waals surface area contributed by atoms with E-state index in [1.807, 2.05) is 0 Å². The molecule has 0 saturated heterocycles. The first-order chi connectivity index (χ1) is 25.9. The van der Waals surface area contributed by atoms with Crippen LogP contribution >= 0.6 is 0 Å². The van der Waals surface area contributed by atoms with Gasteiger partial charge >= 0.3 is 0 Å². The molecule has 1 aromatic carbocycles. The van der Waals surface area contributed by atoms with E-state index in [9.17, 15) is 0 Å². The molecule has 1 aromatic rings. The van der Waals surface area contributed by atoms with Gasteiger partial charge in [0.15, 0.2) is 0 Å². The largest absolute Gasteiger partial charge is 0.300 e. The zero-order chi connectivity index (χ0) is 38.6. The summed E-state index contributed by atoms with van der Waals surface area (Å²) in [5, 5.41) is 0. The molecule has 0 aliphatic rings. The lowest BCUT2D eigenvalue weighted by Crippen LogP contribution is -2.38. The van der Waals surface area contributed by atoms with Crippen molar-refractivity contribution in [2.24, 2.45) is 11.8 Å². The maximum Gasteiger partial charge on any atom is 0.00976 e. The number of nitrogens with zero attached hydrogens (tertiary/aromatic N) is 1. The summed E-state index contributed by atoms with van der Waals surface area (Å²) in [5.74, 6) is 1.35. The first kappa shape index (κ1) is 49.7. The Hall–Kier alpha value is -1.34. The lowest BCUT2D eigenvalue weighted by atomic mass is 9.95. The van der Waals surface area contributed by atoms with Crippen molar-refractivity contribution in [3.05, 3.63) is 59.2 Å². The molecule has 1 nitrogen and oxygen atoms in total. The number of aryl methyl sites for hydroxylation is 3. The van der Waals surface area contributed by atoms with E-state index in [-0.39, 0.29) is 0 Å². The van der Waals surface area contributed by atoms with Crippen molar-refractivity contribution >= 4 is 0 Å². The fraction of sp³-hybridized carbons (Fsp3) is 0.808. The van der Waals surface area contributed by atoms with Crippen molar-refractivity contribution in [1.82, 2.24) is 4.90 Å². The van der Waals surface area contributed by atoms with Crippen LogP contribution in [0, 0.1) is 25.7 Å². The van der Waals surface area contributed by atoms with Crippen LogP contribution in [0.3, 0.4) is 0 Å². The summed E-state index contributed by atoms with van der Waals surface area (Å²) in [6, 6.07) is 7.86. The van der Waals surface area contributed by atoms with Crippen molar-refractivity contribution in [1.29, 1.82) is 0 Å². The van der Waals surface area contributed by atoms with Gasteiger partial charge in [0.2, 0.25) is 0 Å². The lowest BCUT2D eigenvalue weighted by Gasteiger charge is -2.33. The Kier molecular flexibility index (Phi) is 34.0. The van der Waals surface area contributed by atoms with Crippen molar-refractivity contribution in [3.63, 3.8) is 0 Å². The number of allylic oxidation sites excluding steroid dienone is 4. The van der Waals surface area contributed by atoms with E-state index in [2.05, 4.69) is 95.9 Å². The SMILES string of the molecule is CCCCCCCC/C=C\C(C)/C=C\CCCCCCC(CC(C)C)N(CCCCCCCCCCCCCCC)CCCCc1ccc(C)c(C)c1. The molecule has 1 heteroatoms. The minimum atomic E-state index is 0.578. The molecule has 308 valence electrons. The van der Waals surface area contributed by atoms with Gasteiger partial charge in [0.1, 0.15) is 0 Å². The molecular weight excluding hydrogens is 639 g/mol. The summed E-state index contributed by atoms with van der Waals surface area (Å²) in [7, 11) is 0. The van der Waals surface area contributed by atoms with Crippen LogP contribution < -0.4 is 0 Å². The number of benzene rings is 1. The zero-order valence-electron chi connectivity index (χ0n) is 37.3. The van der Waals surface area contributed by atoms with E-state index in [0.29, 0.717) is 5.92 Å². The molecule has 53 heavy (non-hydrogen) atoms. The van der Waals surface area contributed by atoms with Gasteiger partial charge in [-0.15, -0.1) is 0 Å². The molecule has 0 saturated carbocycles. The highest BCUT2D eigenvalue weighted by Crippen LogP contribution is 2.22. The topological polar surface area (TPSA) is 3.24 Å². The molecule has 0 amide bonds. The van der Waals surface area contributed by atoms with Gasteiger partial charge in [-0.3, -0.25) is 0 Å². The predicted molar refractivity (Wildman–Crippen MR) is 243 cm³/mol. The van der Waals surface area contributed by atoms with E-state index < -0.39 is 0 Å². The van der Waals surface area contributed by atoms with Crippen molar-refractivity contribution in [3.8, 4) is 0 Å². The van der Waals surface area contributed by atoms with Crippen molar-refractivity contribution in [2.45, 2.75) is 247 Å². The van der Waals surface area contributed by atoms with E-state index >= 15 is 0 Å². The second kappa shape index (κ2) is 36.3. The second-order valence-electron chi connectivity index (χ2n) is 17.7. The highest BCUT2D eigenvalue weighted by atomic mass is 15.1. The Labute approximate surface area is 335 Å². The van der Waals surface area contributed by atoms with Gasteiger partial charge < -0.3 is 4.90 Å². The predicted octanol–water partition coefficient (Wildman–Crippen LogP) is 17.3. The highest BCUT2D eigenvalue weighted by molar-refractivity contribution is 5.29. The third kappa shape index (κ3) is 30.6. The molecule has 0 fully saturated rings. The molecule has 0 aromatic heterocycles. The Morgan fingerprint density at radius 2 is 0.962 bits per heavy atom. The summed E-state index contributed by atoms with van der Waals surface area (Å²) in [6.07, 6.45) is 51.5. The summed E-state index contributed by atoms with van der Waals surface area (Å²) in [4.78, 5) is 2.96.